The molecule has 0 bridgehead atoms. The first-order valence-electron chi connectivity index (χ1n) is 8.24. The molecule has 0 aromatic heterocycles. The molecular formula is C16H34O6. The van der Waals surface area contributed by atoms with Crippen molar-refractivity contribution in [2.45, 2.75) is 52.4 Å². The molecule has 0 rings (SSSR count). The largest absolute Gasteiger partial charge is 0.481 e. The molecule has 0 heterocycles. The zero-order valence-electron chi connectivity index (χ0n) is 14.2. The van der Waals surface area contributed by atoms with Gasteiger partial charge in [0.1, 0.15) is 0 Å². The van der Waals surface area contributed by atoms with E-state index in [0.717, 1.165) is 19.4 Å². The van der Waals surface area contributed by atoms with Crippen molar-refractivity contribution in [3.05, 3.63) is 0 Å². The number of ether oxygens (including phenoxy) is 3. The van der Waals surface area contributed by atoms with E-state index in [2.05, 4.69) is 6.92 Å². The molecule has 0 aliphatic rings. The Kier molecular flexibility index (Phi) is 24.2. The van der Waals surface area contributed by atoms with E-state index in [9.17, 15) is 4.79 Å². The fraction of sp³-hybridized carbons (Fsp3) is 0.938. The molecule has 0 unspecified atom stereocenters. The van der Waals surface area contributed by atoms with Crippen LogP contribution in [0, 0.1) is 0 Å². The van der Waals surface area contributed by atoms with E-state index in [4.69, 9.17) is 24.4 Å². The van der Waals surface area contributed by atoms with Crippen molar-refractivity contribution < 1.29 is 29.2 Å². The first-order chi connectivity index (χ1) is 10.7. The first-order valence-corrected chi connectivity index (χ1v) is 8.24. The van der Waals surface area contributed by atoms with E-state index in [1.54, 1.807) is 0 Å². The van der Waals surface area contributed by atoms with Crippen LogP contribution in [-0.4, -0.2) is 62.4 Å². The van der Waals surface area contributed by atoms with E-state index < -0.39 is 5.97 Å². The summed E-state index contributed by atoms with van der Waals surface area (Å²) in [5.74, 6) is -0.670. The van der Waals surface area contributed by atoms with E-state index in [-0.39, 0.29) is 6.61 Å². The van der Waals surface area contributed by atoms with Gasteiger partial charge in [0.25, 0.3) is 0 Å². The summed E-state index contributed by atoms with van der Waals surface area (Å²) in [6.45, 7) is 7.62. The summed E-state index contributed by atoms with van der Waals surface area (Å²) in [7, 11) is 0. The number of carboxylic acid groups (broad SMARTS) is 1. The van der Waals surface area contributed by atoms with Crippen LogP contribution in [-0.2, 0) is 19.0 Å². The Morgan fingerprint density at radius 2 is 1.36 bits per heavy atom. The lowest BCUT2D eigenvalue weighted by Crippen LogP contribution is -2.10. The van der Waals surface area contributed by atoms with Gasteiger partial charge in [-0.15, -0.1) is 0 Å². The molecular weight excluding hydrogens is 288 g/mol. The molecule has 0 amide bonds. The van der Waals surface area contributed by atoms with Crippen LogP contribution in [0.3, 0.4) is 0 Å². The van der Waals surface area contributed by atoms with Crippen molar-refractivity contribution in [3.8, 4) is 0 Å². The average molecular weight is 322 g/mol. The van der Waals surface area contributed by atoms with Gasteiger partial charge in [0.05, 0.1) is 39.6 Å². The van der Waals surface area contributed by atoms with Gasteiger partial charge in [-0.25, -0.2) is 0 Å². The first kappa shape index (κ1) is 23.6. The summed E-state index contributed by atoms with van der Waals surface area (Å²) in [4.78, 5) is 10.0. The topological polar surface area (TPSA) is 85.2 Å². The van der Waals surface area contributed by atoms with Crippen LogP contribution in [0.5, 0.6) is 0 Å². The number of unbranched alkanes of at least 4 members (excludes halogenated alkanes) is 4. The van der Waals surface area contributed by atoms with Crippen molar-refractivity contribution in [2.24, 2.45) is 0 Å². The van der Waals surface area contributed by atoms with Gasteiger partial charge in [0.15, 0.2) is 0 Å². The van der Waals surface area contributed by atoms with Gasteiger partial charge in [0.2, 0.25) is 0 Å². The molecule has 6 nitrogen and oxygen atoms in total. The number of hydrogen-bond acceptors (Lipinski definition) is 5. The van der Waals surface area contributed by atoms with Crippen molar-refractivity contribution in [1.29, 1.82) is 0 Å². The Balaban J connectivity index is 0. The smallest absolute Gasteiger partial charge is 0.303 e. The Bertz CT molecular complexity index is 201. The van der Waals surface area contributed by atoms with Gasteiger partial charge in [0, 0.05) is 13.0 Å². The highest BCUT2D eigenvalue weighted by Crippen LogP contribution is 2.04. The summed E-state index contributed by atoms with van der Waals surface area (Å²) in [6.07, 6.45) is 5.88. The number of carboxylic acids is 1. The SMILES string of the molecule is CCCCCCCC(=O)O.CCOCCOCCOCCO. The second-order valence-electron chi connectivity index (χ2n) is 4.70. The number of aliphatic hydroxyl groups is 1. The molecule has 0 aromatic rings. The number of hydrogen-bond donors (Lipinski definition) is 2. The van der Waals surface area contributed by atoms with E-state index in [1.807, 2.05) is 6.92 Å². The molecule has 22 heavy (non-hydrogen) atoms. The van der Waals surface area contributed by atoms with Crippen molar-refractivity contribution in [2.75, 3.05) is 46.2 Å². The fourth-order valence-corrected chi connectivity index (χ4v) is 1.53. The highest BCUT2D eigenvalue weighted by atomic mass is 16.5. The minimum atomic E-state index is -0.670. The van der Waals surface area contributed by atoms with Crippen molar-refractivity contribution in [1.82, 2.24) is 0 Å². The number of rotatable bonds is 15. The molecule has 0 saturated heterocycles. The third-order valence-corrected chi connectivity index (χ3v) is 2.68. The lowest BCUT2D eigenvalue weighted by Gasteiger charge is -2.04. The Labute approximate surface area is 134 Å². The van der Waals surface area contributed by atoms with Gasteiger partial charge in [-0.2, -0.15) is 0 Å². The van der Waals surface area contributed by atoms with Gasteiger partial charge >= 0.3 is 5.97 Å². The van der Waals surface area contributed by atoms with Crippen LogP contribution >= 0.6 is 0 Å². The normalized spacial score (nSPS) is 10.1. The zero-order valence-corrected chi connectivity index (χ0v) is 14.2. The molecule has 0 spiro atoms. The quantitative estimate of drug-likeness (QED) is 0.451. The lowest BCUT2D eigenvalue weighted by molar-refractivity contribution is -0.137. The maximum Gasteiger partial charge on any atom is 0.303 e. The molecule has 0 saturated carbocycles. The summed E-state index contributed by atoms with van der Waals surface area (Å²) in [5.41, 5.74) is 0. The molecule has 6 heteroatoms. The minimum Gasteiger partial charge on any atom is -0.481 e. The third-order valence-electron chi connectivity index (χ3n) is 2.68. The summed E-state index contributed by atoms with van der Waals surface area (Å²) >= 11 is 0. The highest BCUT2D eigenvalue weighted by molar-refractivity contribution is 5.66. The number of carbonyl (C=O) groups is 1. The molecule has 0 aliphatic carbocycles. The predicted octanol–water partition coefficient (Wildman–Crippen LogP) is 2.48. The fourth-order valence-electron chi connectivity index (χ4n) is 1.53. The molecule has 134 valence electrons. The second kappa shape index (κ2) is 22.6. The van der Waals surface area contributed by atoms with Gasteiger partial charge in [-0.3, -0.25) is 4.79 Å². The Morgan fingerprint density at radius 3 is 1.86 bits per heavy atom. The average Bonchev–Trinajstić information content (AvgIpc) is 2.50. The van der Waals surface area contributed by atoms with Gasteiger partial charge < -0.3 is 24.4 Å². The van der Waals surface area contributed by atoms with Crippen molar-refractivity contribution >= 4 is 5.97 Å². The van der Waals surface area contributed by atoms with E-state index >= 15 is 0 Å². The predicted molar refractivity (Wildman–Crippen MR) is 86.2 cm³/mol. The molecule has 0 aliphatic heterocycles. The summed E-state index contributed by atoms with van der Waals surface area (Å²) < 4.78 is 15.2. The van der Waals surface area contributed by atoms with Crippen LogP contribution in [0.4, 0.5) is 0 Å². The van der Waals surface area contributed by atoms with Crippen LogP contribution < -0.4 is 0 Å². The Morgan fingerprint density at radius 1 is 0.818 bits per heavy atom. The van der Waals surface area contributed by atoms with Crippen LogP contribution in [0.1, 0.15) is 52.4 Å². The molecule has 2 N–H and O–H groups in total. The molecule has 0 radical (unpaired) electrons. The van der Waals surface area contributed by atoms with Crippen LogP contribution in [0.25, 0.3) is 0 Å². The van der Waals surface area contributed by atoms with Crippen LogP contribution in [0.2, 0.25) is 0 Å². The van der Waals surface area contributed by atoms with Gasteiger partial charge in [-0.05, 0) is 13.3 Å². The second-order valence-corrected chi connectivity index (χ2v) is 4.70. The van der Waals surface area contributed by atoms with E-state index in [0.29, 0.717) is 39.5 Å². The summed E-state index contributed by atoms with van der Waals surface area (Å²) in [6, 6.07) is 0. The van der Waals surface area contributed by atoms with Crippen molar-refractivity contribution in [3.63, 3.8) is 0 Å². The summed E-state index contributed by atoms with van der Waals surface area (Å²) in [5, 5.41) is 16.6. The minimum absolute atomic E-state index is 0.0684. The number of aliphatic hydroxyl groups excluding tert-OH is 1. The Hall–Kier alpha value is -0.690. The zero-order chi connectivity index (χ0) is 16.9. The molecule has 0 atom stereocenters. The molecule has 0 aromatic carbocycles. The van der Waals surface area contributed by atoms with Gasteiger partial charge in [-0.1, -0.05) is 32.6 Å². The van der Waals surface area contributed by atoms with Crippen LogP contribution in [0.15, 0.2) is 0 Å². The number of aliphatic carboxylic acids is 1. The third kappa shape index (κ3) is 27.6. The monoisotopic (exact) mass is 322 g/mol. The van der Waals surface area contributed by atoms with E-state index in [1.165, 1.54) is 19.3 Å². The standard InChI is InChI=1S/C8H18O4.C8H16O2/c1-2-10-5-6-12-8-7-11-4-3-9;1-2-3-4-5-6-7-8(9)10/h9H,2-8H2,1H3;2-7H2,1H3,(H,9,10). The lowest BCUT2D eigenvalue weighted by atomic mass is 10.1. The maximum atomic E-state index is 10.0. The molecule has 0 fully saturated rings. The maximum absolute atomic E-state index is 10.0. The highest BCUT2D eigenvalue weighted by Gasteiger charge is 1.94.